The third-order valence-electron chi connectivity index (χ3n) is 7.06. The van der Waals surface area contributed by atoms with Crippen molar-refractivity contribution >= 4 is 23.0 Å². The summed E-state index contributed by atoms with van der Waals surface area (Å²) >= 11 is 0. The van der Waals surface area contributed by atoms with Crippen LogP contribution in [0.2, 0.25) is 0 Å². The Balaban J connectivity index is 1.38. The van der Waals surface area contributed by atoms with Gasteiger partial charge in [-0.25, -0.2) is 18.6 Å². The third-order valence-corrected chi connectivity index (χ3v) is 7.06. The summed E-state index contributed by atoms with van der Waals surface area (Å²) in [4.78, 5) is 30.5. The minimum atomic E-state index is -4.55. The predicted molar refractivity (Wildman–Crippen MR) is 123 cm³/mol. The van der Waals surface area contributed by atoms with Gasteiger partial charge in [0.2, 0.25) is 11.8 Å². The van der Waals surface area contributed by atoms with Crippen LogP contribution in [0.1, 0.15) is 53.7 Å². The normalized spacial score (nSPS) is 21.1. The van der Waals surface area contributed by atoms with Crippen LogP contribution in [0.4, 0.5) is 26.7 Å². The second-order valence-electron chi connectivity index (χ2n) is 9.76. The second kappa shape index (κ2) is 9.55. The molecule has 2 aromatic heterocycles. The summed E-state index contributed by atoms with van der Waals surface area (Å²) in [5.74, 6) is -3.45. The van der Waals surface area contributed by atoms with Gasteiger partial charge in [-0.1, -0.05) is 6.07 Å². The lowest BCUT2D eigenvalue weighted by molar-refractivity contribution is -0.149. The van der Waals surface area contributed by atoms with Crippen LogP contribution in [0.3, 0.4) is 0 Å². The zero-order valence-electron chi connectivity index (χ0n) is 20.3. The lowest BCUT2D eigenvalue weighted by Crippen LogP contribution is -2.40. The zero-order chi connectivity index (χ0) is 27.2. The molecule has 1 aliphatic heterocycles. The van der Waals surface area contributed by atoms with E-state index in [9.17, 15) is 31.5 Å². The molecule has 0 bridgehead atoms. The van der Waals surface area contributed by atoms with E-state index in [2.05, 4.69) is 15.4 Å². The number of carbonyl (C=O) groups is 2. The molecule has 5 rings (SSSR count). The van der Waals surface area contributed by atoms with Crippen molar-refractivity contribution < 1.29 is 36.0 Å². The molecule has 1 aliphatic carbocycles. The molecule has 2 atom stereocenters. The number of hydrogen-bond donors (Lipinski definition) is 2. The van der Waals surface area contributed by atoms with Gasteiger partial charge >= 0.3 is 12.2 Å². The Morgan fingerprint density at radius 3 is 2.63 bits per heavy atom. The third kappa shape index (κ3) is 5.29. The Bertz CT molecular complexity index is 1340. The number of hydrogen-bond acceptors (Lipinski definition) is 5. The number of aryl methyl sites for hydroxylation is 1. The van der Waals surface area contributed by atoms with Crippen molar-refractivity contribution in [2.24, 2.45) is 13.0 Å². The predicted octanol–water partition coefficient (Wildman–Crippen LogP) is 4.31. The number of benzene rings is 1. The van der Waals surface area contributed by atoms with Crippen LogP contribution in [-0.4, -0.2) is 56.3 Å². The molecule has 1 saturated carbocycles. The van der Waals surface area contributed by atoms with E-state index in [-0.39, 0.29) is 49.7 Å². The number of fused-ring (bicyclic) bond motifs is 1. The summed E-state index contributed by atoms with van der Waals surface area (Å²) in [6.45, 7) is -0.590. The molecule has 38 heavy (non-hydrogen) atoms. The van der Waals surface area contributed by atoms with Crippen molar-refractivity contribution in [1.29, 1.82) is 0 Å². The second-order valence-corrected chi connectivity index (χ2v) is 9.76. The maximum atomic E-state index is 13.8. The molecule has 1 aromatic carbocycles. The lowest BCUT2D eigenvalue weighted by atomic mass is 9.82. The number of alkyl halides is 5. The molecule has 3 amide bonds. The summed E-state index contributed by atoms with van der Waals surface area (Å²) in [5.41, 5.74) is 1.52. The lowest BCUT2D eigenvalue weighted by Gasteiger charge is -2.32. The standard InChI is InChI=1S/C24H25F5N6O3/c1-34-16(6-9-30-34)20(36)33-19(14-4-7-23(25,26)8-5-14)21-31-15-10-13(2-3-17(15)38-21)11-35-12-18(24(27,28)29)32-22(35)37/h2-3,6,9-10,14,18-19H,4-5,7-8,11-12H2,1H3,(H,32,37)(H,33,36)/t18-,19-/m0/s1. The van der Waals surface area contributed by atoms with Crippen molar-refractivity contribution in [1.82, 2.24) is 30.3 Å². The number of nitrogens with zero attached hydrogens (tertiary/aromatic N) is 4. The van der Waals surface area contributed by atoms with Crippen LogP contribution >= 0.6 is 0 Å². The Morgan fingerprint density at radius 1 is 1.26 bits per heavy atom. The number of amides is 3. The van der Waals surface area contributed by atoms with Crippen molar-refractivity contribution in [2.45, 2.75) is 56.4 Å². The van der Waals surface area contributed by atoms with E-state index >= 15 is 0 Å². The van der Waals surface area contributed by atoms with E-state index in [1.807, 2.05) is 5.32 Å². The maximum Gasteiger partial charge on any atom is 0.410 e. The number of carbonyl (C=O) groups excluding carboxylic acids is 2. The first-order chi connectivity index (χ1) is 17.9. The molecule has 0 unspecified atom stereocenters. The highest BCUT2D eigenvalue weighted by atomic mass is 19.4. The number of halogens is 5. The molecule has 3 heterocycles. The van der Waals surface area contributed by atoms with Gasteiger partial charge in [0.1, 0.15) is 23.3 Å². The van der Waals surface area contributed by atoms with Gasteiger partial charge in [-0.15, -0.1) is 0 Å². The molecule has 2 fully saturated rings. The molecule has 3 aromatic rings. The molecule has 2 N–H and O–H groups in total. The van der Waals surface area contributed by atoms with E-state index in [1.165, 1.54) is 16.9 Å². The summed E-state index contributed by atoms with van der Waals surface area (Å²) in [7, 11) is 1.60. The van der Waals surface area contributed by atoms with Gasteiger partial charge in [0, 0.05) is 32.6 Å². The molecule has 1 saturated heterocycles. The Hall–Kier alpha value is -3.71. The van der Waals surface area contributed by atoms with Gasteiger partial charge in [-0.05, 0) is 42.5 Å². The Morgan fingerprint density at radius 2 is 2.00 bits per heavy atom. The number of rotatable bonds is 6. The van der Waals surface area contributed by atoms with Crippen molar-refractivity contribution in [3.8, 4) is 0 Å². The molecule has 14 heteroatoms. The molecule has 9 nitrogen and oxygen atoms in total. The molecule has 0 radical (unpaired) electrons. The highest BCUT2D eigenvalue weighted by molar-refractivity contribution is 5.92. The number of urea groups is 1. The minimum Gasteiger partial charge on any atom is -0.438 e. The quantitative estimate of drug-likeness (QED) is 0.454. The van der Waals surface area contributed by atoms with Crippen molar-refractivity contribution in [2.75, 3.05) is 6.54 Å². The van der Waals surface area contributed by atoms with Crippen molar-refractivity contribution in [3.05, 3.63) is 47.6 Å². The minimum absolute atomic E-state index is 0.0745. The number of aromatic nitrogens is 3. The maximum absolute atomic E-state index is 13.8. The van der Waals surface area contributed by atoms with Gasteiger partial charge in [-0.2, -0.15) is 18.3 Å². The fourth-order valence-corrected chi connectivity index (χ4v) is 4.94. The summed E-state index contributed by atoms with van der Waals surface area (Å²) in [6.07, 6.45) is -3.43. The molecular formula is C24H25F5N6O3. The highest BCUT2D eigenvalue weighted by Gasteiger charge is 2.47. The van der Waals surface area contributed by atoms with Gasteiger partial charge in [0.25, 0.3) is 5.91 Å². The fraction of sp³-hybridized carbons (Fsp3) is 0.500. The van der Waals surface area contributed by atoms with Gasteiger partial charge in [0.15, 0.2) is 5.58 Å². The molecule has 204 valence electrons. The van der Waals surface area contributed by atoms with E-state index in [0.29, 0.717) is 16.7 Å². The summed E-state index contributed by atoms with van der Waals surface area (Å²) in [5, 5.41) is 8.77. The van der Waals surface area contributed by atoms with Gasteiger partial charge < -0.3 is 20.0 Å². The van der Waals surface area contributed by atoms with E-state index < -0.39 is 42.7 Å². The van der Waals surface area contributed by atoms with Crippen LogP contribution in [0, 0.1) is 5.92 Å². The average molecular weight is 540 g/mol. The van der Waals surface area contributed by atoms with Crippen LogP contribution in [0.5, 0.6) is 0 Å². The number of nitrogens with one attached hydrogen (secondary N) is 2. The molecular weight excluding hydrogens is 515 g/mol. The topological polar surface area (TPSA) is 105 Å². The SMILES string of the molecule is Cn1nccc1C(=O)N[C@H](c1nc2cc(CN3C[C@@H](C(F)(F)F)NC3=O)ccc2o1)C1CCC(F)(F)CC1. The Labute approximate surface area is 213 Å². The first-order valence-corrected chi connectivity index (χ1v) is 12.1. The highest BCUT2D eigenvalue weighted by Crippen LogP contribution is 2.42. The first-order valence-electron chi connectivity index (χ1n) is 12.1. The van der Waals surface area contributed by atoms with Gasteiger partial charge in [-0.3, -0.25) is 9.48 Å². The largest absolute Gasteiger partial charge is 0.438 e. The first kappa shape index (κ1) is 25.9. The summed E-state index contributed by atoms with van der Waals surface area (Å²) < 4.78 is 74.0. The number of oxazole rings is 1. The van der Waals surface area contributed by atoms with Gasteiger partial charge in [0.05, 0.1) is 6.54 Å². The molecule has 2 aliphatic rings. The van der Waals surface area contributed by atoms with E-state index in [4.69, 9.17) is 4.42 Å². The molecule has 0 spiro atoms. The smallest absolute Gasteiger partial charge is 0.410 e. The van der Waals surface area contributed by atoms with E-state index in [0.717, 1.165) is 4.90 Å². The van der Waals surface area contributed by atoms with Crippen LogP contribution in [0.25, 0.3) is 11.1 Å². The van der Waals surface area contributed by atoms with Crippen LogP contribution in [-0.2, 0) is 13.6 Å². The Kier molecular flexibility index (Phi) is 6.51. The average Bonchev–Trinajstić information content (AvgIpc) is 3.56. The fourth-order valence-electron chi connectivity index (χ4n) is 4.94. The van der Waals surface area contributed by atoms with Crippen LogP contribution < -0.4 is 10.6 Å². The zero-order valence-corrected chi connectivity index (χ0v) is 20.3. The summed E-state index contributed by atoms with van der Waals surface area (Å²) in [6, 6.07) is 2.75. The van der Waals surface area contributed by atoms with Crippen LogP contribution in [0.15, 0.2) is 34.9 Å². The monoisotopic (exact) mass is 540 g/mol. The van der Waals surface area contributed by atoms with Crippen molar-refractivity contribution in [3.63, 3.8) is 0 Å². The van der Waals surface area contributed by atoms with E-state index in [1.54, 1.807) is 25.2 Å².